The van der Waals surface area contributed by atoms with Crippen LogP contribution < -0.4 is 15.0 Å². The van der Waals surface area contributed by atoms with E-state index in [9.17, 15) is 4.79 Å². The Kier molecular flexibility index (Phi) is 6.32. The molecule has 2 aliphatic heterocycles. The number of fused-ring (bicyclic) bond motifs is 2. The van der Waals surface area contributed by atoms with Crippen molar-refractivity contribution in [1.82, 2.24) is 4.90 Å². The average molecular weight is 450 g/mol. The summed E-state index contributed by atoms with van der Waals surface area (Å²) in [6.07, 6.45) is 3.55. The number of aryl methyl sites for hydroxylation is 1. The van der Waals surface area contributed by atoms with Gasteiger partial charge in [-0.3, -0.25) is 9.69 Å². The van der Waals surface area contributed by atoms with E-state index in [2.05, 4.69) is 57.8 Å². The molecular formula is C26H31N3O2S. The standard InChI is InChI=1S/C26H31N3O2S/c1-19-18-29(24-5-4-6-25-22(24)11-16-32-25)14-13-28(19)12-2-3-15-31-21-9-7-20-8-10-26(30)27-23(20)17-21/h4-7,9,11,16-17,19H,2-3,8,10,12-15,18H2,1H3,(H,27,30). The number of unbranched alkanes of at least 4 members (excludes halogenated alkanes) is 1. The number of rotatable bonds is 7. The predicted octanol–water partition coefficient (Wildman–Crippen LogP) is 5.16. The van der Waals surface area contributed by atoms with Crippen molar-refractivity contribution >= 4 is 38.7 Å². The lowest BCUT2D eigenvalue weighted by atomic mass is 10.0. The van der Waals surface area contributed by atoms with Gasteiger partial charge in [0, 0.05) is 59.6 Å². The number of hydrogen-bond donors (Lipinski definition) is 1. The van der Waals surface area contributed by atoms with E-state index in [1.807, 2.05) is 23.5 Å². The number of piperazine rings is 1. The third-order valence-electron chi connectivity index (χ3n) is 6.66. The minimum atomic E-state index is 0.0934. The number of hydrogen-bond acceptors (Lipinski definition) is 5. The number of ether oxygens (including phenoxy) is 1. The third-order valence-corrected chi connectivity index (χ3v) is 7.55. The van der Waals surface area contributed by atoms with Gasteiger partial charge in [0.2, 0.25) is 5.91 Å². The molecule has 0 spiro atoms. The Morgan fingerprint density at radius 2 is 2.06 bits per heavy atom. The van der Waals surface area contributed by atoms with Crippen LogP contribution >= 0.6 is 11.3 Å². The van der Waals surface area contributed by atoms with E-state index >= 15 is 0 Å². The maximum atomic E-state index is 11.6. The third kappa shape index (κ3) is 4.62. The Morgan fingerprint density at radius 3 is 2.97 bits per heavy atom. The van der Waals surface area contributed by atoms with Gasteiger partial charge in [-0.1, -0.05) is 12.1 Å². The zero-order valence-electron chi connectivity index (χ0n) is 18.7. The van der Waals surface area contributed by atoms with Crippen LogP contribution in [0.5, 0.6) is 5.75 Å². The van der Waals surface area contributed by atoms with Crippen molar-refractivity contribution in [3.63, 3.8) is 0 Å². The number of carbonyl (C=O) groups excluding carboxylic acids is 1. The fraction of sp³-hybridized carbons (Fsp3) is 0.423. The lowest BCUT2D eigenvalue weighted by molar-refractivity contribution is -0.116. The van der Waals surface area contributed by atoms with E-state index < -0.39 is 0 Å². The van der Waals surface area contributed by atoms with Crippen molar-refractivity contribution in [1.29, 1.82) is 0 Å². The number of anilines is 2. The molecule has 168 valence electrons. The Morgan fingerprint density at radius 1 is 1.12 bits per heavy atom. The molecule has 0 saturated carbocycles. The van der Waals surface area contributed by atoms with Crippen LogP contribution in [-0.4, -0.2) is 49.6 Å². The van der Waals surface area contributed by atoms with Gasteiger partial charge >= 0.3 is 0 Å². The van der Waals surface area contributed by atoms with Crippen molar-refractivity contribution in [2.24, 2.45) is 0 Å². The van der Waals surface area contributed by atoms with Gasteiger partial charge in [-0.25, -0.2) is 0 Å². The van der Waals surface area contributed by atoms with Gasteiger partial charge in [0.05, 0.1) is 6.61 Å². The van der Waals surface area contributed by atoms with E-state index in [0.717, 1.165) is 56.9 Å². The fourth-order valence-electron chi connectivity index (χ4n) is 4.85. The average Bonchev–Trinajstić information content (AvgIpc) is 3.28. The van der Waals surface area contributed by atoms with Gasteiger partial charge in [0.1, 0.15) is 5.75 Å². The molecule has 1 N–H and O–H groups in total. The first kappa shape index (κ1) is 21.3. The van der Waals surface area contributed by atoms with Crippen molar-refractivity contribution in [2.75, 3.05) is 43.0 Å². The van der Waals surface area contributed by atoms with Crippen LogP contribution in [0, 0.1) is 0 Å². The van der Waals surface area contributed by atoms with E-state index in [4.69, 9.17) is 4.74 Å². The molecule has 3 heterocycles. The molecule has 6 heteroatoms. The molecule has 5 nitrogen and oxygen atoms in total. The van der Waals surface area contributed by atoms with Crippen LogP contribution in [0.1, 0.15) is 31.7 Å². The summed E-state index contributed by atoms with van der Waals surface area (Å²) in [5.41, 5.74) is 3.48. The SMILES string of the molecule is CC1CN(c2cccc3sccc23)CCN1CCCCOc1ccc2c(c1)NC(=O)CC2. The first-order valence-corrected chi connectivity index (χ1v) is 12.6. The predicted molar refractivity (Wildman–Crippen MR) is 133 cm³/mol. The molecule has 1 unspecified atom stereocenters. The number of carbonyl (C=O) groups is 1. The quantitative estimate of drug-likeness (QED) is 0.507. The molecule has 1 aromatic heterocycles. The van der Waals surface area contributed by atoms with Crippen molar-refractivity contribution in [2.45, 2.75) is 38.6 Å². The largest absolute Gasteiger partial charge is 0.494 e. The summed E-state index contributed by atoms with van der Waals surface area (Å²) in [6, 6.07) is 15.5. The minimum absolute atomic E-state index is 0.0934. The number of thiophene rings is 1. The van der Waals surface area contributed by atoms with Crippen LogP contribution in [0.3, 0.4) is 0 Å². The van der Waals surface area contributed by atoms with E-state index in [1.54, 1.807) is 0 Å². The summed E-state index contributed by atoms with van der Waals surface area (Å²) in [5, 5.41) is 6.52. The van der Waals surface area contributed by atoms with E-state index in [1.165, 1.54) is 21.3 Å². The Hall–Kier alpha value is -2.57. The lowest BCUT2D eigenvalue weighted by Gasteiger charge is -2.41. The van der Waals surface area contributed by atoms with Crippen LogP contribution in [0.25, 0.3) is 10.1 Å². The summed E-state index contributed by atoms with van der Waals surface area (Å²) in [4.78, 5) is 16.8. The van der Waals surface area contributed by atoms with Crippen molar-refractivity contribution in [3.8, 4) is 5.75 Å². The topological polar surface area (TPSA) is 44.8 Å². The molecule has 2 aliphatic rings. The maximum absolute atomic E-state index is 11.6. The molecule has 0 radical (unpaired) electrons. The molecule has 1 fully saturated rings. The van der Waals surface area contributed by atoms with Gasteiger partial charge < -0.3 is 15.0 Å². The van der Waals surface area contributed by atoms with Crippen molar-refractivity contribution < 1.29 is 9.53 Å². The normalized spacial score (nSPS) is 19.1. The maximum Gasteiger partial charge on any atom is 0.224 e. The number of benzene rings is 2. The summed E-state index contributed by atoms with van der Waals surface area (Å²) in [7, 11) is 0. The highest BCUT2D eigenvalue weighted by Crippen LogP contribution is 2.32. The van der Waals surface area contributed by atoms with E-state index in [0.29, 0.717) is 19.1 Å². The summed E-state index contributed by atoms with van der Waals surface area (Å²) >= 11 is 1.82. The molecule has 1 amide bonds. The van der Waals surface area contributed by atoms with Crippen LogP contribution in [-0.2, 0) is 11.2 Å². The molecule has 3 aromatic rings. The zero-order valence-corrected chi connectivity index (χ0v) is 19.5. The van der Waals surface area contributed by atoms with Crippen LogP contribution in [0.2, 0.25) is 0 Å². The number of nitrogens with one attached hydrogen (secondary N) is 1. The summed E-state index contributed by atoms with van der Waals surface area (Å²) in [5.74, 6) is 0.936. The smallest absolute Gasteiger partial charge is 0.224 e. The Balaban J connectivity index is 1.07. The first-order valence-electron chi connectivity index (χ1n) is 11.7. The number of nitrogens with zero attached hydrogens (tertiary/aromatic N) is 2. The molecule has 0 bridgehead atoms. The van der Waals surface area contributed by atoms with Gasteiger partial charge in [-0.15, -0.1) is 11.3 Å². The molecule has 1 saturated heterocycles. The molecule has 0 aliphatic carbocycles. The second-order valence-corrected chi connectivity index (χ2v) is 9.81. The molecule has 5 rings (SSSR count). The summed E-state index contributed by atoms with van der Waals surface area (Å²) < 4.78 is 7.33. The minimum Gasteiger partial charge on any atom is -0.494 e. The summed E-state index contributed by atoms with van der Waals surface area (Å²) in [6.45, 7) is 7.43. The second kappa shape index (κ2) is 9.51. The van der Waals surface area contributed by atoms with Gasteiger partial charge in [0.15, 0.2) is 0 Å². The monoisotopic (exact) mass is 449 g/mol. The molecule has 32 heavy (non-hydrogen) atoms. The van der Waals surface area contributed by atoms with Gasteiger partial charge in [0.25, 0.3) is 0 Å². The highest BCUT2D eigenvalue weighted by atomic mass is 32.1. The molecule has 1 atom stereocenters. The van der Waals surface area contributed by atoms with Crippen LogP contribution in [0.4, 0.5) is 11.4 Å². The molecular weight excluding hydrogens is 418 g/mol. The zero-order chi connectivity index (χ0) is 21.9. The van der Waals surface area contributed by atoms with Crippen LogP contribution in [0.15, 0.2) is 47.8 Å². The van der Waals surface area contributed by atoms with E-state index in [-0.39, 0.29) is 5.91 Å². The number of amides is 1. The molecule has 2 aromatic carbocycles. The highest BCUT2D eigenvalue weighted by Gasteiger charge is 2.24. The van der Waals surface area contributed by atoms with Crippen molar-refractivity contribution in [3.05, 3.63) is 53.4 Å². The Labute approximate surface area is 194 Å². The fourth-order valence-corrected chi connectivity index (χ4v) is 5.66. The first-order chi connectivity index (χ1) is 15.7. The Bertz CT molecular complexity index is 1100. The lowest BCUT2D eigenvalue weighted by Crippen LogP contribution is -2.52. The second-order valence-electron chi connectivity index (χ2n) is 8.86. The van der Waals surface area contributed by atoms with Gasteiger partial charge in [-0.05, 0) is 67.9 Å². The van der Waals surface area contributed by atoms with Gasteiger partial charge in [-0.2, -0.15) is 0 Å². The highest BCUT2D eigenvalue weighted by molar-refractivity contribution is 7.17.